The molecule has 0 spiro atoms. The monoisotopic (exact) mass is 373 g/mol. The Bertz CT molecular complexity index is 926. The van der Waals surface area contributed by atoms with E-state index in [1.54, 1.807) is 12.1 Å². The van der Waals surface area contributed by atoms with Gasteiger partial charge in [0.1, 0.15) is 10.6 Å². The molecule has 26 heavy (non-hydrogen) atoms. The summed E-state index contributed by atoms with van der Waals surface area (Å²) in [6, 6.07) is 8.29. The first-order chi connectivity index (χ1) is 12.6. The second-order valence-corrected chi connectivity index (χ2v) is 7.57. The van der Waals surface area contributed by atoms with Crippen molar-refractivity contribution in [2.75, 3.05) is 13.2 Å². The number of hydrogen-bond acceptors (Lipinski definition) is 4. The Morgan fingerprint density at radius 2 is 2.23 bits per heavy atom. The van der Waals surface area contributed by atoms with Gasteiger partial charge in [-0.05, 0) is 43.5 Å². The number of thiophene rings is 1. The Labute approximate surface area is 154 Å². The first-order valence-electron chi connectivity index (χ1n) is 8.71. The Morgan fingerprint density at radius 3 is 2.96 bits per heavy atom. The second-order valence-electron chi connectivity index (χ2n) is 6.54. The molecule has 4 rings (SSSR count). The van der Waals surface area contributed by atoms with E-state index in [1.807, 2.05) is 17.7 Å². The summed E-state index contributed by atoms with van der Waals surface area (Å²) in [6.07, 6.45) is 2.18. The molecular weight excluding hydrogens is 353 g/mol. The minimum Gasteiger partial charge on any atom is -0.376 e. The van der Waals surface area contributed by atoms with Crippen LogP contribution in [0.4, 0.5) is 4.39 Å². The number of halogens is 1. The van der Waals surface area contributed by atoms with Crippen molar-refractivity contribution >= 4 is 27.5 Å². The highest BCUT2D eigenvalue weighted by molar-refractivity contribution is 7.20. The number of rotatable bonds is 5. The molecule has 7 heteroatoms. The summed E-state index contributed by atoms with van der Waals surface area (Å²) in [5.41, 5.74) is 1.85. The molecule has 1 aliphatic heterocycles. The average molecular weight is 373 g/mol. The van der Waals surface area contributed by atoms with E-state index in [1.165, 1.54) is 23.5 Å². The van der Waals surface area contributed by atoms with Crippen LogP contribution in [0.25, 0.3) is 10.2 Å². The number of hydrogen-bond donors (Lipinski definition) is 1. The van der Waals surface area contributed by atoms with Crippen molar-refractivity contribution in [3.63, 3.8) is 0 Å². The van der Waals surface area contributed by atoms with Crippen LogP contribution >= 0.6 is 11.3 Å². The van der Waals surface area contributed by atoms with Crippen LogP contribution in [0.1, 0.15) is 33.8 Å². The van der Waals surface area contributed by atoms with Crippen molar-refractivity contribution in [2.24, 2.45) is 0 Å². The summed E-state index contributed by atoms with van der Waals surface area (Å²) in [6.45, 7) is 3.81. The Kier molecular flexibility index (Phi) is 4.74. The molecule has 1 N–H and O–H groups in total. The van der Waals surface area contributed by atoms with Crippen LogP contribution in [-0.4, -0.2) is 34.9 Å². The first kappa shape index (κ1) is 17.2. The van der Waals surface area contributed by atoms with Crippen molar-refractivity contribution in [3.05, 3.63) is 52.3 Å². The zero-order valence-electron chi connectivity index (χ0n) is 14.5. The minimum atomic E-state index is -0.253. The number of nitrogens with one attached hydrogen (secondary N) is 1. The molecule has 5 nitrogen and oxygen atoms in total. The van der Waals surface area contributed by atoms with Gasteiger partial charge in [0.2, 0.25) is 0 Å². The van der Waals surface area contributed by atoms with Crippen LogP contribution in [0.2, 0.25) is 0 Å². The molecule has 1 atom stereocenters. The lowest BCUT2D eigenvalue weighted by Gasteiger charge is -2.09. The highest BCUT2D eigenvalue weighted by atomic mass is 32.1. The van der Waals surface area contributed by atoms with E-state index in [2.05, 4.69) is 10.4 Å². The molecule has 1 unspecified atom stereocenters. The van der Waals surface area contributed by atoms with Gasteiger partial charge in [-0.2, -0.15) is 5.10 Å². The summed E-state index contributed by atoms with van der Waals surface area (Å²) < 4.78 is 20.5. The number of aryl methyl sites for hydroxylation is 1. The van der Waals surface area contributed by atoms with Gasteiger partial charge in [-0.1, -0.05) is 12.1 Å². The van der Waals surface area contributed by atoms with Crippen LogP contribution in [0.15, 0.2) is 30.3 Å². The fraction of sp³-hybridized carbons (Fsp3) is 0.368. The average Bonchev–Trinajstić information content (AvgIpc) is 3.35. The Hall–Kier alpha value is -2.25. The zero-order valence-corrected chi connectivity index (χ0v) is 15.3. The standard InChI is InChI=1S/C19H20FN3O2S/c1-12-16-9-17(18(24)21-10-15-3-2-8-25-15)26-19(16)23(22-12)11-13-4-6-14(20)7-5-13/h4-7,9,15H,2-3,8,10-11H2,1H3,(H,21,24). The number of benzene rings is 1. The summed E-state index contributed by atoms with van der Waals surface area (Å²) in [5, 5.41) is 8.51. The van der Waals surface area contributed by atoms with E-state index in [9.17, 15) is 9.18 Å². The van der Waals surface area contributed by atoms with Gasteiger partial charge in [-0.3, -0.25) is 9.48 Å². The van der Waals surface area contributed by atoms with E-state index >= 15 is 0 Å². The summed E-state index contributed by atoms with van der Waals surface area (Å²) in [7, 11) is 0. The van der Waals surface area contributed by atoms with E-state index in [4.69, 9.17) is 4.74 Å². The van der Waals surface area contributed by atoms with Gasteiger partial charge in [-0.25, -0.2) is 4.39 Å². The number of carbonyl (C=O) groups excluding carboxylic acids is 1. The third-order valence-corrected chi connectivity index (χ3v) is 5.74. The Morgan fingerprint density at radius 1 is 1.42 bits per heavy atom. The van der Waals surface area contributed by atoms with Gasteiger partial charge in [0.15, 0.2) is 0 Å². The van der Waals surface area contributed by atoms with E-state index in [0.29, 0.717) is 18.0 Å². The molecule has 136 valence electrons. The molecule has 0 saturated carbocycles. The first-order valence-corrected chi connectivity index (χ1v) is 9.53. The number of carbonyl (C=O) groups is 1. The van der Waals surface area contributed by atoms with Crippen LogP contribution in [0.5, 0.6) is 0 Å². The molecule has 0 aliphatic carbocycles. The minimum absolute atomic E-state index is 0.0746. The van der Waals surface area contributed by atoms with Crippen molar-refractivity contribution < 1.29 is 13.9 Å². The molecule has 1 amide bonds. The molecule has 0 bridgehead atoms. The largest absolute Gasteiger partial charge is 0.376 e. The number of nitrogens with zero attached hydrogens (tertiary/aromatic N) is 2. The smallest absolute Gasteiger partial charge is 0.261 e. The quantitative estimate of drug-likeness (QED) is 0.745. The van der Waals surface area contributed by atoms with Crippen LogP contribution in [0.3, 0.4) is 0 Å². The van der Waals surface area contributed by atoms with Crippen LogP contribution < -0.4 is 5.32 Å². The normalized spacial score (nSPS) is 17.1. The van der Waals surface area contributed by atoms with Gasteiger partial charge in [-0.15, -0.1) is 11.3 Å². The highest BCUT2D eigenvalue weighted by Crippen LogP contribution is 2.29. The SMILES string of the molecule is Cc1nn(Cc2ccc(F)cc2)c2sc(C(=O)NCC3CCCO3)cc12. The number of amides is 1. The van der Waals surface area contributed by atoms with Crippen molar-refractivity contribution in [1.82, 2.24) is 15.1 Å². The van der Waals surface area contributed by atoms with Gasteiger partial charge in [0.05, 0.1) is 23.2 Å². The fourth-order valence-electron chi connectivity index (χ4n) is 3.19. The summed E-state index contributed by atoms with van der Waals surface area (Å²) in [4.78, 5) is 14.1. The maximum Gasteiger partial charge on any atom is 0.261 e. The number of aromatic nitrogens is 2. The maximum absolute atomic E-state index is 13.1. The van der Waals surface area contributed by atoms with E-state index in [-0.39, 0.29) is 17.8 Å². The predicted octanol–water partition coefficient (Wildman–Crippen LogP) is 3.50. The van der Waals surface area contributed by atoms with Gasteiger partial charge in [0.25, 0.3) is 5.91 Å². The van der Waals surface area contributed by atoms with Crippen molar-refractivity contribution in [2.45, 2.75) is 32.4 Å². The zero-order chi connectivity index (χ0) is 18.1. The summed E-state index contributed by atoms with van der Waals surface area (Å²) in [5.74, 6) is -0.328. The third kappa shape index (κ3) is 3.50. The predicted molar refractivity (Wildman–Crippen MR) is 99.2 cm³/mol. The number of fused-ring (bicyclic) bond motifs is 1. The van der Waals surface area contributed by atoms with E-state index < -0.39 is 0 Å². The molecule has 2 aromatic heterocycles. The van der Waals surface area contributed by atoms with Gasteiger partial charge >= 0.3 is 0 Å². The second kappa shape index (κ2) is 7.17. The Balaban J connectivity index is 1.52. The van der Waals surface area contributed by atoms with Gasteiger partial charge < -0.3 is 10.1 Å². The summed E-state index contributed by atoms with van der Waals surface area (Å²) >= 11 is 1.43. The van der Waals surface area contributed by atoms with Crippen molar-refractivity contribution in [1.29, 1.82) is 0 Å². The van der Waals surface area contributed by atoms with Crippen LogP contribution in [0, 0.1) is 12.7 Å². The molecule has 1 fully saturated rings. The molecule has 1 aromatic carbocycles. The fourth-order valence-corrected chi connectivity index (χ4v) is 4.27. The molecule has 1 aliphatic rings. The maximum atomic E-state index is 13.1. The molecule has 0 radical (unpaired) electrons. The lowest BCUT2D eigenvalue weighted by molar-refractivity contribution is 0.0861. The highest BCUT2D eigenvalue weighted by Gasteiger charge is 2.19. The lowest BCUT2D eigenvalue weighted by Crippen LogP contribution is -2.31. The van der Waals surface area contributed by atoms with Gasteiger partial charge in [0, 0.05) is 18.5 Å². The van der Waals surface area contributed by atoms with Crippen LogP contribution in [-0.2, 0) is 11.3 Å². The van der Waals surface area contributed by atoms with Crippen molar-refractivity contribution in [3.8, 4) is 0 Å². The topological polar surface area (TPSA) is 56.2 Å². The molecule has 3 heterocycles. The molecule has 1 saturated heterocycles. The lowest BCUT2D eigenvalue weighted by atomic mass is 10.2. The van der Waals surface area contributed by atoms with E-state index in [0.717, 1.165) is 40.9 Å². The molecular formula is C19H20FN3O2S. The number of ether oxygens (including phenoxy) is 1. The molecule has 3 aromatic rings. The third-order valence-electron chi connectivity index (χ3n) is 4.59.